The predicted octanol–water partition coefficient (Wildman–Crippen LogP) is 16.2. The first-order chi connectivity index (χ1) is 31.2. The normalized spacial score (nSPS) is 11.8. The second kappa shape index (κ2) is 14.2. The van der Waals surface area contributed by atoms with E-state index in [0.29, 0.717) is 0 Å². The Labute approximate surface area is 366 Å². The fourth-order valence-corrected chi connectivity index (χ4v) is 10.7. The van der Waals surface area contributed by atoms with Gasteiger partial charge in [0.05, 0.1) is 11.0 Å². The van der Waals surface area contributed by atoms with Crippen molar-refractivity contribution in [2.75, 3.05) is 0 Å². The van der Waals surface area contributed by atoms with Crippen LogP contribution in [0.4, 0.5) is 0 Å². The lowest BCUT2D eigenvalue weighted by Crippen LogP contribution is -1.93. The monoisotopic (exact) mass is 821 g/mol. The Morgan fingerprint density at radius 1 is 0.349 bits per heavy atom. The van der Waals surface area contributed by atoms with Crippen LogP contribution in [0, 0.1) is 0 Å². The largest absolute Gasteiger partial charge is 0.456 e. The fraction of sp³-hybridized carbons (Fsp3) is 0. The lowest BCUT2D eigenvalue weighted by Gasteiger charge is -2.11. The number of hydrogen-bond donors (Lipinski definition) is 0. The average Bonchev–Trinajstić information content (AvgIpc) is 4.02. The van der Waals surface area contributed by atoms with E-state index in [0.717, 1.165) is 55.3 Å². The van der Waals surface area contributed by atoms with Crippen molar-refractivity contribution in [2.45, 2.75) is 0 Å². The first kappa shape index (κ1) is 35.6. The van der Waals surface area contributed by atoms with E-state index in [1.165, 1.54) is 69.9 Å². The molecule has 0 saturated carbocycles. The molecule has 0 bridgehead atoms. The number of benzene rings is 8. The number of para-hydroxylation sites is 1. The van der Waals surface area contributed by atoms with Crippen LogP contribution in [0.15, 0.2) is 217 Å². The zero-order chi connectivity index (χ0) is 41.4. The maximum atomic E-state index is 6.50. The highest BCUT2D eigenvalue weighted by Crippen LogP contribution is 2.43. The van der Waals surface area contributed by atoms with E-state index in [4.69, 9.17) is 4.42 Å². The van der Waals surface area contributed by atoms with Gasteiger partial charge in [0.1, 0.15) is 11.2 Å². The molecular weight excluding hydrogens is 787 g/mol. The lowest BCUT2D eigenvalue weighted by atomic mass is 9.94. The van der Waals surface area contributed by atoms with Gasteiger partial charge >= 0.3 is 0 Å². The van der Waals surface area contributed by atoms with Crippen molar-refractivity contribution in [1.29, 1.82) is 0 Å². The summed E-state index contributed by atoms with van der Waals surface area (Å²) in [5.41, 5.74) is 16.8. The Morgan fingerprint density at radius 2 is 0.841 bits per heavy atom. The van der Waals surface area contributed by atoms with Gasteiger partial charge in [-0.15, -0.1) is 11.3 Å². The maximum absolute atomic E-state index is 6.50. The molecule has 0 aliphatic heterocycles. The van der Waals surface area contributed by atoms with Crippen molar-refractivity contribution < 1.29 is 4.42 Å². The molecule has 5 heteroatoms. The highest BCUT2D eigenvalue weighted by Gasteiger charge is 2.18. The summed E-state index contributed by atoms with van der Waals surface area (Å²) in [5, 5.41) is 7.16. The Balaban J connectivity index is 0.913. The van der Waals surface area contributed by atoms with Gasteiger partial charge in [-0.05, 0) is 129 Å². The van der Waals surface area contributed by atoms with Crippen LogP contribution in [-0.2, 0) is 0 Å². The molecule has 0 N–H and O–H groups in total. The molecule has 13 rings (SSSR count). The van der Waals surface area contributed by atoms with Gasteiger partial charge in [0.15, 0.2) is 0 Å². The maximum Gasteiger partial charge on any atom is 0.135 e. The van der Waals surface area contributed by atoms with Gasteiger partial charge in [0.2, 0.25) is 0 Å². The first-order valence-corrected chi connectivity index (χ1v) is 22.0. The van der Waals surface area contributed by atoms with Gasteiger partial charge in [0, 0.05) is 83.3 Å². The number of aromatic nitrogens is 3. The summed E-state index contributed by atoms with van der Waals surface area (Å²) in [6.45, 7) is 0. The molecule has 5 heterocycles. The van der Waals surface area contributed by atoms with Crippen LogP contribution in [0.1, 0.15) is 0 Å². The molecule has 0 radical (unpaired) electrons. The minimum Gasteiger partial charge on any atom is -0.456 e. The van der Waals surface area contributed by atoms with Crippen molar-refractivity contribution in [3.63, 3.8) is 0 Å². The van der Waals surface area contributed by atoms with E-state index >= 15 is 0 Å². The molecule has 294 valence electrons. The van der Waals surface area contributed by atoms with Gasteiger partial charge in [-0.3, -0.25) is 9.97 Å². The molecular formula is C58H35N3OS. The summed E-state index contributed by atoms with van der Waals surface area (Å²) < 4.78 is 11.5. The molecule has 63 heavy (non-hydrogen) atoms. The van der Waals surface area contributed by atoms with Crippen molar-refractivity contribution in [1.82, 2.24) is 14.5 Å². The minimum atomic E-state index is 0.874. The zero-order valence-corrected chi connectivity index (χ0v) is 34.7. The Hall–Kier alpha value is -8.12. The minimum absolute atomic E-state index is 0.874. The smallest absolute Gasteiger partial charge is 0.135 e. The number of thiophene rings is 1. The van der Waals surface area contributed by atoms with Crippen molar-refractivity contribution in [2.24, 2.45) is 0 Å². The highest BCUT2D eigenvalue weighted by molar-refractivity contribution is 7.25. The second-order valence-corrected chi connectivity index (χ2v) is 17.3. The molecule has 8 aromatic carbocycles. The van der Waals surface area contributed by atoms with Crippen LogP contribution in [0.2, 0.25) is 0 Å². The molecule has 0 aliphatic carbocycles. The van der Waals surface area contributed by atoms with Gasteiger partial charge in [0.25, 0.3) is 0 Å². The summed E-state index contributed by atoms with van der Waals surface area (Å²) in [5.74, 6) is 0. The molecule has 5 aromatic heterocycles. The third-order valence-corrected chi connectivity index (χ3v) is 13.8. The quantitative estimate of drug-likeness (QED) is 0.168. The summed E-state index contributed by atoms with van der Waals surface area (Å²) in [6.07, 6.45) is 7.53. The van der Waals surface area contributed by atoms with Crippen LogP contribution >= 0.6 is 11.3 Å². The zero-order valence-electron chi connectivity index (χ0n) is 33.9. The van der Waals surface area contributed by atoms with Crippen LogP contribution < -0.4 is 0 Å². The predicted molar refractivity (Wildman–Crippen MR) is 264 cm³/mol. The Kier molecular flexibility index (Phi) is 8.05. The third-order valence-electron chi connectivity index (χ3n) is 12.6. The standard InChI is InChI=1S/C58H35N3OS/c1-3-13-45(40-9-7-27-59-34-40)43(11-1)38-17-22-54-48(31-38)47-15-5-6-16-53(47)61(54)42-21-24-56-50(33-42)49-29-36(18-23-55(49)62-56)37-19-25-57-51(30-37)52-32-39(20-26-58(52)63-57)44-12-2-4-14-46(44)41-10-8-28-60-35-41/h1-35H. The van der Waals surface area contributed by atoms with Crippen molar-refractivity contribution in [3.8, 4) is 61.3 Å². The number of fused-ring (bicyclic) bond motifs is 9. The molecule has 0 unspecified atom stereocenters. The lowest BCUT2D eigenvalue weighted by molar-refractivity contribution is 0.669. The third kappa shape index (κ3) is 5.82. The SMILES string of the molecule is c1cncc(-c2ccccc2-c2ccc3sc4ccc(-c5ccc6oc7ccc(-n8c9ccccc9c9cc(-c%10ccccc%10-c%10cccnc%10)ccc98)cc7c6c5)cc4c3c2)c1. The molecule has 4 nitrogen and oxygen atoms in total. The topological polar surface area (TPSA) is 43.9 Å². The Bertz CT molecular complexity index is 3920. The van der Waals surface area contributed by atoms with E-state index in [2.05, 4.69) is 190 Å². The number of rotatable bonds is 6. The molecule has 0 aliphatic rings. The highest BCUT2D eigenvalue weighted by atomic mass is 32.1. The van der Waals surface area contributed by atoms with Crippen LogP contribution in [0.3, 0.4) is 0 Å². The first-order valence-electron chi connectivity index (χ1n) is 21.2. The van der Waals surface area contributed by atoms with Gasteiger partial charge in [-0.1, -0.05) is 103 Å². The van der Waals surface area contributed by atoms with Gasteiger partial charge in [-0.25, -0.2) is 0 Å². The van der Waals surface area contributed by atoms with E-state index < -0.39 is 0 Å². The average molecular weight is 822 g/mol. The number of pyridine rings is 2. The molecule has 0 saturated heterocycles. The van der Waals surface area contributed by atoms with Crippen LogP contribution in [-0.4, -0.2) is 14.5 Å². The van der Waals surface area contributed by atoms with Crippen molar-refractivity contribution >= 4 is 75.3 Å². The van der Waals surface area contributed by atoms with Crippen LogP contribution in [0.25, 0.3) is 125 Å². The van der Waals surface area contributed by atoms with E-state index in [1.54, 1.807) is 0 Å². The summed E-state index contributed by atoms with van der Waals surface area (Å²) in [7, 11) is 0. The number of nitrogens with zero attached hydrogens (tertiary/aromatic N) is 3. The molecule has 13 aromatic rings. The van der Waals surface area contributed by atoms with Gasteiger partial charge < -0.3 is 8.98 Å². The fourth-order valence-electron chi connectivity index (χ4n) is 9.64. The van der Waals surface area contributed by atoms with Crippen molar-refractivity contribution in [3.05, 3.63) is 213 Å². The molecule has 0 amide bonds. The van der Waals surface area contributed by atoms with E-state index in [1.807, 2.05) is 48.3 Å². The molecule has 0 spiro atoms. The number of furan rings is 1. The molecule has 0 atom stereocenters. The summed E-state index contributed by atoms with van der Waals surface area (Å²) >= 11 is 1.85. The van der Waals surface area contributed by atoms with Gasteiger partial charge in [-0.2, -0.15) is 0 Å². The number of hydrogen-bond acceptors (Lipinski definition) is 4. The Morgan fingerprint density at radius 3 is 1.49 bits per heavy atom. The van der Waals surface area contributed by atoms with Crippen LogP contribution in [0.5, 0.6) is 0 Å². The molecule has 0 fully saturated rings. The van der Waals surface area contributed by atoms with E-state index in [-0.39, 0.29) is 0 Å². The van der Waals surface area contributed by atoms with E-state index in [9.17, 15) is 0 Å². The summed E-state index contributed by atoms with van der Waals surface area (Å²) in [4.78, 5) is 8.81. The summed E-state index contributed by atoms with van der Waals surface area (Å²) in [6, 6.07) is 68.0. The second-order valence-electron chi connectivity index (χ2n) is 16.2.